The summed E-state index contributed by atoms with van der Waals surface area (Å²) in [6, 6.07) is 0. The van der Waals surface area contributed by atoms with Crippen LogP contribution >= 0.6 is 0 Å². The number of carbonyl (C=O) groups is 1. The molecular weight excluding hydrogens is 180 g/mol. The molecule has 76 valence electrons. The van der Waals surface area contributed by atoms with Crippen molar-refractivity contribution < 1.29 is 4.79 Å². The lowest BCUT2D eigenvalue weighted by atomic mass is 9.77. The maximum atomic E-state index is 11.8. The summed E-state index contributed by atoms with van der Waals surface area (Å²) in [5.41, 5.74) is 8.00. The van der Waals surface area contributed by atoms with Gasteiger partial charge in [0, 0.05) is 16.9 Å². The first-order valence-electron chi connectivity index (χ1n) is 5.03. The second-order valence-corrected chi connectivity index (χ2v) is 4.22. The minimum absolute atomic E-state index is 0.0321. The molecule has 0 aromatic carbocycles. The summed E-state index contributed by atoms with van der Waals surface area (Å²) in [5.74, 6) is 0.137. The Morgan fingerprint density at radius 1 is 1.50 bits per heavy atom. The third-order valence-electron chi connectivity index (χ3n) is 3.43. The van der Waals surface area contributed by atoms with E-state index in [2.05, 4.69) is 14.9 Å². The number of azide groups is 1. The lowest BCUT2D eigenvalue weighted by molar-refractivity contribution is -0.127. The third-order valence-corrected chi connectivity index (χ3v) is 3.43. The standard InChI is InChI=1S/C9H14N4O/c10-12-11-6-8(14)9-2-1-4-13(7-9)5-3-9/h1-7H2. The van der Waals surface area contributed by atoms with Crippen LogP contribution in [0.15, 0.2) is 5.11 Å². The average Bonchev–Trinajstić information content (AvgIpc) is 2.52. The molecule has 0 spiro atoms. The Labute approximate surface area is 82.7 Å². The van der Waals surface area contributed by atoms with Gasteiger partial charge in [0.1, 0.15) is 5.78 Å². The van der Waals surface area contributed by atoms with Crippen molar-refractivity contribution in [2.75, 3.05) is 26.2 Å². The number of piperidine rings is 1. The van der Waals surface area contributed by atoms with E-state index >= 15 is 0 Å². The van der Waals surface area contributed by atoms with E-state index in [-0.39, 0.29) is 17.7 Å². The second-order valence-electron chi connectivity index (χ2n) is 4.22. The van der Waals surface area contributed by atoms with Crippen LogP contribution in [-0.2, 0) is 4.79 Å². The van der Waals surface area contributed by atoms with Gasteiger partial charge in [-0.3, -0.25) is 4.79 Å². The molecule has 0 saturated carbocycles. The Bertz CT molecular complexity index is 293. The second kappa shape index (κ2) is 3.59. The van der Waals surface area contributed by atoms with Gasteiger partial charge in [0.2, 0.25) is 0 Å². The molecule has 2 saturated heterocycles. The Morgan fingerprint density at radius 2 is 2.36 bits per heavy atom. The normalized spacial score (nSPS) is 35.0. The number of hydrogen-bond acceptors (Lipinski definition) is 3. The molecule has 5 heteroatoms. The first-order valence-corrected chi connectivity index (χ1v) is 5.03. The summed E-state index contributed by atoms with van der Waals surface area (Å²) in [6.07, 6.45) is 3.03. The van der Waals surface area contributed by atoms with Crippen LogP contribution in [0.4, 0.5) is 0 Å². The molecule has 0 aromatic heterocycles. The Kier molecular flexibility index (Phi) is 2.44. The molecule has 2 rings (SSSR count). The van der Waals surface area contributed by atoms with Crippen molar-refractivity contribution >= 4 is 5.78 Å². The fourth-order valence-electron chi connectivity index (χ4n) is 2.62. The highest BCUT2D eigenvalue weighted by Gasteiger charge is 2.45. The van der Waals surface area contributed by atoms with Crippen LogP contribution in [0.2, 0.25) is 0 Å². The van der Waals surface area contributed by atoms with Gasteiger partial charge in [0.25, 0.3) is 0 Å². The summed E-state index contributed by atoms with van der Waals surface area (Å²) in [6.45, 7) is 3.07. The van der Waals surface area contributed by atoms with E-state index in [4.69, 9.17) is 5.53 Å². The van der Waals surface area contributed by atoms with Crippen LogP contribution < -0.4 is 0 Å². The molecule has 2 atom stereocenters. The van der Waals surface area contributed by atoms with Gasteiger partial charge in [-0.2, -0.15) is 0 Å². The van der Waals surface area contributed by atoms with Crippen LogP contribution in [0, 0.1) is 5.41 Å². The molecule has 2 unspecified atom stereocenters. The molecule has 0 radical (unpaired) electrons. The minimum atomic E-state index is -0.174. The lowest BCUT2D eigenvalue weighted by Gasteiger charge is -2.32. The molecular formula is C9H14N4O. The highest BCUT2D eigenvalue weighted by atomic mass is 16.1. The summed E-state index contributed by atoms with van der Waals surface area (Å²) in [4.78, 5) is 16.8. The van der Waals surface area contributed by atoms with E-state index in [1.165, 1.54) is 0 Å². The minimum Gasteiger partial charge on any atom is -0.302 e. The van der Waals surface area contributed by atoms with Gasteiger partial charge < -0.3 is 4.90 Å². The van der Waals surface area contributed by atoms with Crippen LogP contribution in [0.5, 0.6) is 0 Å². The first-order chi connectivity index (χ1) is 6.77. The van der Waals surface area contributed by atoms with Gasteiger partial charge in [-0.1, -0.05) is 5.11 Å². The van der Waals surface area contributed by atoms with E-state index < -0.39 is 0 Å². The summed E-state index contributed by atoms with van der Waals surface area (Å²) in [7, 11) is 0. The fourth-order valence-corrected chi connectivity index (χ4v) is 2.62. The zero-order valence-electron chi connectivity index (χ0n) is 8.15. The zero-order chi connectivity index (χ0) is 10.0. The van der Waals surface area contributed by atoms with Crippen molar-refractivity contribution in [2.45, 2.75) is 19.3 Å². The van der Waals surface area contributed by atoms with E-state index in [0.717, 1.165) is 38.9 Å². The van der Waals surface area contributed by atoms with Gasteiger partial charge in [-0.25, -0.2) is 0 Å². The Balaban J connectivity index is 2.07. The molecule has 2 fully saturated rings. The molecule has 0 aliphatic carbocycles. The topological polar surface area (TPSA) is 69.1 Å². The number of carbonyl (C=O) groups excluding carboxylic acids is 1. The molecule has 0 amide bonds. The van der Waals surface area contributed by atoms with E-state index in [1.54, 1.807) is 0 Å². The molecule has 2 heterocycles. The van der Waals surface area contributed by atoms with E-state index in [1.807, 2.05) is 0 Å². The third kappa shape index (κ3) is 1.49. The van der Waals surface area contributed by atoms with Gasteiger partial charge in [-0.05, 0) is 37.9 Å². The quantitative estimate of drug-likeness (QED) is 0.386. The zero-order valence-corrected chi connectivity index (χ0v) is 8.15. The SMILES string of the molecule is [N-]=[N+]=NCC(=O)C12CCCN(CC1)C2. The predicted molar refractivity (Wildman–Crippen MR) is 51.7 cm³/mol. The summed E-state index contributed by atoms with van der Waals surface area (Å²) >= 11 is 0. The fraction of sp³-hybridized carbons (Fsp3) is 0.889. The monoisotopic (exact) mass is 194 g/mol. The van der Waals surface area contributed by atoms with Crippen molar-refractivity contribution in [1.29, 1.82) is 0 Å². The van der Waals surface area contributed by atoms with E-state index in [9.17, 15) is 4.79 Å². The average molecular weight is 194 g/mol. The summed E-state index contributed by atoms with van der Waals surface area (Å²) < 4.78 is 0. The Hall–Kier alpha value is -1.06. The molecule has 5 nitrogen and oxygen atoms in total. The van der Waals surface area contributed by atoms with Gasteiger partial charge in [0.05, 0.1) is 6.54 Å². The van der Waals surface area contributed by atoms with Crippen molar-refractivity contribution in [3.8, 4) is 0 Å². The highest BCUT2D eigenvalue weighted by Crippen LogP contribution is 2.39. The van der Waals surface area contributed by atoms with Crippen molar-refractivity contribution in [1.82, 2.24) is 4.90 Å². The van der Waals surface area contributed by atoms with Crippen LogP contribution in [0.1, 0.15) is 19.3 Å². The predicted octanol–water partition coefficient (Wildman–Crippen LogP) is 1.35. The number of nitrogens with zero attached hydrogens (tertiary/aromatic N) is 4. The van der Waals surface area contributed by atoms with Crippen molar-refractivity contribution in [3.63, 3.8) is 0 Å². The van der Waals surface area contributed by atoms with Crippen LogP contribution in [0.3, 0.4) is 0 Å². The van der Waals surface area contributed by atoms with E-state index in [0.29, 0.717) is 0 Å². The number of ketones is 1. The number of Topliss-reactive ketones (excluding diaryl/α,β-unsaturated/α-hetero) is 1. The number of fused-ring (bicyclic) bond motifs is 2. The molecule has 2 aliphatic rings. The molecule has 14 heavy (non-hydrogen) atoms. The van der Waals surface area contributed by atoms with Gasteiger partial charge in [0.15, 0.2) is 0 Å². The highest BCUT2D eigenvalue weighted by molar-refractivity contribution is 5.87. The molecule has 2 aliphatic heterocycles. The van der Waals surface area contributed by atoms with Gasteiger partial charge >= 0.3 is 0 Å². The summed E-state index contributed by atoms with van der Waals surface area (Å²) in [5, 5.41) is 3.37. The smallest absolute Gasteiger partial charge is 0.146 e. The first kappa shape index (κ1) is 9.49. The number of rotatable bonds is 3. The van der Waals surface area contributed by atoms with Gasteiger partial charge in [-0.15, -0.1) is 0 Å². The maximum absolute atomic E-state index is 11.8. The van der Waals surface area contributed by atoms with Crippen molar-refractivity contribution in [3.05, 3.63) is 10.4 Å². The maximum Gasteiger partial charge on any atom is 0.146 e. The van der Waals surface area contributed by atoms with Crippen LogP contribution in [-0.4, -0.2) is 36.9 Å². The number of hydrogen-bond donors (Lipinski definition) is 0. The Morgan fingerprint density at radius 3 is 3.14 bits per heavy atom. The largest absolute Gasteiger partial charge is 0.302 e. The molecule has 0 aromatic rings. The lowest BCUT2D eigenvalue weighted by Crippen LogP contribution is -2.40. The van der Waals surface area contributed by atoms with Crippen LogP contribution in [0.25, 0.3) is 10.4 Å². The molecule has 2 bridgehead atoms. The molecule has 0 N–H and O–H groups in total. The van der Waals surface area contributed by atoms with Crippen molar-refractivity contribution in [2.24, 2.45) is 10.5 Å².